The zero-order valence-corrected chi connectivity index (χ0v) is 21.2. The van der Waals surface area contributed by atoms with Gasteiger partial charge in [0.15, 0.2) is 0 Å². The average Bonchev–Trinajstić information content (AvgIpc) is 2.68. The van der Waals surface area contributed by atoms with Gasteiger partial charge in [-0.3, -0.25) is 0 Å². The Morgan fingerprint density at radius 3 is 0.966 bits per heavy atom. The van der Waals surface area contributed by atoms with Crippen LogP contribution in [0.3, 0.4) is 0 Å². The molecule has 0 bridgehead atoms. The van der Waals surface area contributed by atoms with Gasteiger partial charge in [-0.05, 0) is 54.4 Å². The van der Waals surface area contributed by atoms with Gasteiger partial charge in [0.1, 0.15) is 11.5 Å². The Balaban J connectivity index is 6.13. The molecule has 0 aliphatic heterocycles. The lowest BCUT2D eigenvalue weighted by molar-refractivity contribution is -0.0547. The highest BCUT2D eigenvalue weighted by atomic mass is 28.4. The number of hydrogen-bond donors (Lipinski definition) is 0. The summed E-state index contributed by atoms with van der Waals surface area (Å²) in [5, 5.41) is 0. The molecule has 9 heteroatoms. The Bertz CT molecular complexity index is 365. The molecule has 0 rings (SSSR count). The third kappa shape index (κ3) is 8.72. The van der Waals surface area contributed by atoms with E-state index in [2.05, 4.69) is 13.2 Å². The molecule has 0 saturated carbocycles. The third-order valence-electron chi connectivity index (χ3n) is 3.95. The molecule has 0 spiro atoms. The summed E-state index contributed by atoms with van der Waals surface area (Å²) in [6, 6.07) is 0. The van der Waals surface area contributed by atoms with Crippen LogP contribution in [0.25, 0.3) is 0 Å². The first-order chi connectivity index (χ1) is 14.0. The second-order valence-electron chi connectivity index (χ2n) is 5.97. The van der Waals surface area contributed by atoms with Gasteiger partial charge >= 0.3 is 17.6 Å². The van der Waals surface area contributed by atoms with E-state index in [1.165, 1.54) is 0 Å². The predicted molar refractivity (Wildman–Crippen MR) is 120 cm³/mol. The van der Waals surface area contributed by atoms with Crippen molar-refractivity contribution in [2.24, 2.45) is 0 Å². The van der Waals surface area contributed by atoms with Gasteiger partial charge in [-0.2, -0.15) is 0 Å². The summed E-state index contributed by atoms with van der Waals surface area (Å²) in [5.41, 5.74) is -0.920. The lowest BCUT2D eigenvalue weighted by Crippen LogP contribution is -2.63. The van der Waals surface area contributed by atoms with Gasteiger partial charge in [0.25, 0.3) is 0 Å². The van der Waals surface area contributed by atoms with E-state index in [9.17, 15) is 0 Å². The molecule has 0 N–H and O–H groups in total. The van der Waals surface area contributed by atoms with Crippen LogP contribution < -0.4 is 0 Å². The van der Waals surface area contributed by atoms with Crippen LogP contribution in [0.5, 0.6) is 0 Å². The van der Waals surface area contributed by atoms with Gasteiger partial charge in [-0.15, -0.1) is 13.2 Å². The highest BCUT2D eigenvalue weighted by Gasteiger charge is 2.56. The van der Waals surface area contributed by atoms with Crippen LogP contribution >= 0.6 is 0 Å². The monoisotopic (exact) mass is 450 g/mol. The zero-order chi connectivity index (χ0) is 22.2. The van der Waals surface area contributed by atoms with Crippen molar-refractivity contribution in [3.63, 3.8) is 0 Å². The molecular formula is C20H42O7Si2. The van der Waals surface area contributed by atoms with E-state index in [1.807, 2.05) is 41.5 Å². The van der Waals surface area contributed by atoms with E-state index in [0.717, 1.165) is 0 Å². The van der Waals surface area contributed by atoms with E-state index in [1.54, 1.807) is 12.2 Å². The molecule has 0 aromatic rings. The molecule has 0 aromatic heterocycles. The van der Waals surface area contributed by atoms with E-state index < -0.39 is 29.1 Å². The summed E-state index contributed by atoms with van der Waals surface area (Å²) in [4.78, 5) is 0. The van der Waals surface area contributed by atoms with Crippen LogP contribution in [0, 0.1) is 0 Å². The fourth-order valence-corrected chi connectivity index (χ4v) is 8.82. The van der Waals surface area contributed by atoms with Crippen LogP contribution in [-0.2, 0) is 31.3 Å². The Morgan fingerprint density at radius 2 is 0.793 bits per heavy atom. The highest BCUT2D eigenvalue weighted by Crippen LogP contribution is 2.28. The average molecular weight is 451 g/mol. The van der Waals surface area contributed by atoms with Gasteiger partial charge in [0.2, 0.25) is 0 Å². The minimum absolute atomic E-state index is 0.459. The van der Waals surface area contributed by atoms with E-state index in [-0.39, 0.29) is 0 Å². The normalized spacial score (nSPS) is 14.6. The van der Waals surface area contributed by atoms with Crippen LogP contribution in [0.15, 0.2) is 25.3 Å². The predicted octanol–water partition coefficient (Wildman–Crippen LogP) is 4.07. The van der Waals surface area contributed by atoms with Gasteiger partial charge in [-0.1, -0.05) is 12.2 Å². The van der Waals surface area contributed by atoms with Crippen molar-refractivity contribution < 1.29 is 31.3 Å². The van der Waals surface area contributed by atoms with Crippen LogP contribution in [-0.4, -0.2) is 68.7 Å². The fraction of sp³-hybridized carbons (Fsp3) is 0.800. The Kier molecular flexibility index (Phi) is 16.1. The molecule has 0 saturated heterocycles. The first-order valence-electron chi connectivity index (χ1n) is 10.7. The fourth-order valence-electron chi connectivity index (χ4n) is 3.08. The lowest BCUT2D eigenvalue weighted by atomic mass is 10.4. The van der Waals surface area contributed by atoms with Crippen molar-refractivity contribution in [3.05, 3.63) is 25.3 Å². The van der Waals surface area contributed by atoms with E-state index in [4.69, 9.17) is 31.3 Å². The summed E-state index contributed by atoms with van der Waals surface area (Å²) >= 11 is 0. The van der Waals surface area contributed by atoms with Gasteiger partial charge in [0.05, 0.1) is 0 Å². The molecule has 29 heavy (non-hydrogen) atoms. The molecule has 172 valence electrons. The second kappa shape index (κ2) is 16.3. The molecule has 7 nitrogen and oxygen atoms in total. The van der Waals surface area contributed by atoms with Crippen molar-refractivity contribution in [2.75, 3.05) is 39.6 Å². The SMILES string of the molecule is C=CCC(OC(CC=C)[Si](OCC)(OCC)OCC)[Si](OCC)(OCC)OCC. The topological polar surface area (TPSA) is 64.6 Å². The number of hydrogen-bond acceptors (Lipinski definition) is 7. The van der Waals surface area contributed by atoms with Crippen molar-refractivity contribution in [1.82, 2.24) is 0 Å². The Labute approximate surface area is 180 Å². The molecule has 0 aliphatic rings. The van der Waals surface area contributed by atoms with Crippen molar-refractivity contribution in [2.45, 2.75) is 65.8 Å². The van der Waals surface area contributed by atoms with Crippen molar-refractivity contribution in [3.8, 4) is 0 Å². The second-order valence-corrected chi connectivity index (χ2v) is 11.4. The molecule has 2 unspecified atom stereocenters. The molecule has 0 radical (unpaired) electrons. The maximum absolute atomic E-state index is 6.61. The van der Waals surface area contributed by atoms with E-state index >= 15 is 0 Å². The molecule has 0 heterocycles. The summed E-state index contributed by atoms with van der Waals surface area (Å²) in [6.07, 6.45) is 4.60. The molecule has 0 fully saturated rings. The molecule has 2 atom stereocenters. The zero-order valence-electron chi connectivity index (χ0n) is 19.2. The first-order valence-corrected chi connectivity index (χ1v) is 14.3. The molecule has 0 amide bonds. The van der Waals surface area contributed by atoms with Crippen molar-refractivity contribution >= 4 is 17.6 Å². The third-order valence-corrected chi connectivity index (χ3v) is 10.4. The quantitative estimate of drug-likeness (QED) is 0.205. The smallest absolute Gasteiger partial charge is 0.372 e. The van der Waals surface area contributed by atoms with E-state index in [0.29, 0.717) is 52.5 Å². The summed E-state index contributed by atoms with van der Waals surface area (Å²) in [7, 11) is -6.32. The van der Waals surface area contributed by atoms with Crippen LogP contribution in [0.4, 0.5) is 0 Å². The van der Waals surface area contributed by atoms with Gasteiger partial charge in [-0.25, -0.2) is 0 Å². The minimum atomic E-state index is -3.16. The summed E-state index contributed by atoms with van der Waals surface area (Å²) in [6.45, 7) is 22.1. The molecule has 0 aromatic carbocycles. The minimum Gasteiger partial charge on any atom is -0.372 e. The van der Waals surface area contributed by atoms with Gasteiger partial charge < -0.3 is 31.3 Å². The summed E-state index contributed by atoms with van der Waals surface area (Å²) < 4.78 is 43.1. The standard InChI is InChI=1S/C20H42O7Si2/c1-9-17-19(28(21-11-3,22-12-4)23-13-5)27-20(18-10-2)29(24-14-6,25-15-7)26-16-8/h9-10,19-20H,1-2,11-18H2,3-8H3. The van der Waals surface area contributed by atoms with Crippen molar-refractivity contribution in [1.29, 1.82) is 0 Å². The lowest BCUT2D eigenvalue weighted by Gasteiger charge is -2.40. The maximum Gasteiger partial charge on any atom is 0.531 e. The first kappa shape index (κ1) is 28.6. The molecule has 0 aliphatic carbocycles. The summed E-state index contributed by atoms with van der Waals surface area (Å²) in [5.74, 6) is 0. The van der Waals surface area contributed by atoms with Gasteiger partial charge in [0, 0.05) is 39.6 Å². The number of rotatable bonds is 20. The Hall–Kier alpha value is -0.366. The number of ether oxygens (including phenoxy) is 1. The Morgan fingerprint density at radius 1 is 0.552 bits per heavy atom. The van der Waals surface area contributed by atoms with Crippen LogP contribution in [0.2, 0.25) is 0 Å². The largest absolute Gasteiger partial charge is 0.531 e. The van der Waals surface area contributed by atoms with Crippen LogP contribution in [0.1, 0.15) is 54.4 Å². The highest BCUT2D eigenvalue weighted by molar-refractivity contribution is 6.63. The maximum atomic E-state index is 6.61. The molecular weight excluding hydrogens is 408 g/mol.